The van der Waals surface area contributed by atoms with Gasteiger partial charge in [0.2, 0.25) is 5.88 Å². The Morgan fingerprint density at radius 2 is 2.09 bits per heavy atom. The van der Waals surface area contributed by atoms with Crippen molar-refractivity contribution in [2.45, 2.75) is 27.2 Å². The molecule has 1 heterocycles. The highest BCUT2D eigenvalue weighted by Gasteiger charge is 2.16. The third kappa shape index (κ3) is 1.53. The molecule has 0 saturated heterocycles. The van der Waals surface area contributed by atoms with E-state index in [-0.39, 0.29) is 0 Å². The first-order chi connectivity index (χ1) is 5.29. The van der Waals surface area contributed by atoms with Crippen molar-refractivity contribution in [3.8, 4) is 0 Å². The number of hydrogen-bond acceptors (Lipinski definition) is 2. The van der Waals surface area contributed by atoms with Gasteiger partial charge >= 0.3 is 0 Å². The van der Waals surface area contributed by atoms with E-state index in [0.29, 0.717) is 12.5 Å². The molecular formula is C8H13N2O. The number of nitrogens with zero attached hydrogens (tertiary/aromatic N) is 2. The molecule has 0 fully saturated rings. The van der Waals surface area contributed by atoms with Gasteiger partial charge in [-0.3, -0.25) is 0 Å². The van der Waals surface area contributed by atoms with Crippen LogP contribution >= 0.6 is 0 Å². The maximum absolute atomic E-state index is 5.28. The summed E-state index contributed by atoms with van der Waals surface area (Å²) in [4.78, 5) is 0. The first-order valence-electron chi connectivity index (χ1n) is 3.91. The van der Waals surface area contributed by atoms with E-state index in [0.717, 1.165) is 17.7 Å². The molecule has 61 valence electrons. The lowest BCUT2D eigenvalue weighted by Gasteiger charge is -2.03. The molecule has 1 rings (SSSR count). The van der Waals surface area contributed by atoms with Crippen LogP contribution in [0.25, 0.3) is 0 Å². The highest BCUT2D eigenvalue weighted by atomic mass is 16.5. The van der Waals surface area contributed by atoms with E-state index in [1.807, 2.05) is 13.8 Å². The van der Waals surface area contributed by atoms with Crippen LogP contribution in [0.1, 0.15) is 27.2 Å². The molecule has 11 heavy (non-hydrogen) atoms. The molecule has 0 saturated carbocycles. The molecule has 3 heteroatoms. The monoisotopic (exact) mass is 153 g/mol. The number of allylic oxidation sites excluding steroid dienone is 1. The second-order valence-corrected chi connectivity index (χ2v) is 2.36. The lowest BCUT2D eigenvalue weighted by molar-refractivity contribution is 0.205. The molecule has 1 aliphatic rings. The van der Waals surface area contributed by atoms with Crippen molar-refractivity contribution in [1.82, 2.24) is 5.43 Å². The summed E-state index contributed by atoms with van der Waals surface area (Å²) >= 11 is 0. The summed E-state index contributed by atoms with van der Waals surface area (Å²) in [7, 11) is 0. The van der Waals surface area contributed by atoms with Crippen LogP contribution in [0.5, 0.6) is 0 Å². The predicted molar refractivity (Wildman–Crippen MR) is 44.2 cm³/mol. The zero-order valence-electron chi connectivity index (χ0n) is 7.22. The molecule has 0 N–H and O–H groups in total. The molecule has 0 bridgehead atoms. The normalized spacial score (nSPS) is 16.5. The summed E-state index contributed by atoms with van der Waals surface area (Å²) in [6.45, 7) is 6.64. The second kappa shape index (κ2) is 3.42. The minimum Gasteiger partial charge on any atom is -0.477 e. The Morgan fingerprint density at radius 1 is 1.36 bits per heavy atom. The van der Waals surface area contributed by atoms with Gasteiger partial charge in [-0.05, 0) is 20.3 Å². The molecule has 0 amide bonds. The highest BCUT2D eigenvalue weighted by Crippen LogP contribution is 2.16. The van der Waals surface area contributed by atoms with Gasteiger partial charge in [-0.2, -0.15) is 5.10 Å². The Hall–Kier alpha value is -0.990. The molecule has 0 atom stereocenters. The third-order valence-electron chi connectivity index (χ3n) is 1.62. The van der Waals surface area contributed by atoms with Crippen molar-refractivity contribution in [1.29, 1.82) is 0 Å². The Balaban J connectivity index is 2.70. The van der Waals surface area contributed by atoms with Gasteiger partial charge in [-0.1, -0.05) is 6.92 Å². The van der Waals surface area contributed by atoms with Crippen molar-refractivity contribution in [2.24, 2.45) is 5.10 Å². The van der Waals surface area contributed by atoms with Gasteiger partial charge in [0, 0.05) is 5.57 Å². The third-order valence-corrected chi connectivity index (χ3v) is 1.62. The molecule has 0 aromatic carbocycles. The fourth-order valence-corrected chi connectivity index (χ4v) is 1.06. The number of rotatable bonds is 3. The molecule has 0 spiro atoms. The van der Waals surface area contributed by atoms with E-state index in [1.165, 1.54) is 0 Å². The first-order valence-corrected chi connectivity index (χ1v) is 3.91. The van der Waals surface area contributed by atoms with Crippen molar-refractivity contribution in [3.05, 3.63) is 11.5 Å². The standard InChI is InChI=1S/C8H13N2O/c1-4-7-6(3)9-10-8(7)11-5-2/h4-5H2,1-3H3. The van der Waals surface area contributed by atoms with Crippen LogP contribution in [-0.2, 0) is 4.74 Å². The van der Waals surface area contributed by atoms with E-state index in [9.17, 15) is 0 Å². The minimum absolute atomic E-state index is 0.658. The zero-order chi connectivity index (χ0) is 8.27. The van der Waals surface area contributed by atoms with E-state index in [1.54, 1.807) is 0 Å². The van der Waals surface area contributed by atoms with Gasteiger partial charge in [0.1, 0.15) is 0 Å². The number of ether oxygens (including phenoxy) is 1. The van der Waals surface area contributed by atoms with Gasteiger partial charge < -0.3 is 4.74 Å². The summed E-state index contributed by atoms with van der Waals surface area (Å²) in [5.74, 6) is 0.701. The van der Waals surface area contributed by atoms with E-state index < -0.39 is 0 Å². The average molecular weight is 153 g/mol. The summed E-state index contributed by atoms with van der Waals surface area (Å²) in [5.41, 5.74) is 6.02. The average Bonchev–Trinajstić information content (AvgIpc) is 2.33. The zero-order valence-corrected chi connectivity index (χ0v) is 7.22. The summed E-state index contributed by atoms with van der Waals surface area (Å²) in [6, 6.07) is 0. The van der Waals surface area contributed by atoms with Crippen molar-refractivity contribution >= 4 is 5.71 Å². The minimum atomic E-state index is 0.658. The van der Waals surface area contributed by atoms with Crippen molar-refractivity contribution in [3.63, 3.8) is 0 Å². The van der Waals surface area contributed by atoms with Crippen LogP contribution in [0.4, 0.5) is 0 Å². The van der Waals surface area contributed by atoms with Gasteiger partial charge in [-0.15, -0.1) is 5.43 Å². The van der Waals surface area contributed by atoms with Crippen LogP contribution in [0.15, 0.2) is 16.6 Å². The van der Waals surface area contributed by atoms with Crippen molar-refractivity contribution < 1.29 is 4.74 Å². The molecular weight excluding hydrogens is 140 g/mol. The molecule has 1 aliphatic heterocycles. The topological polar surface area (TPSA) is 35.7 Å². The lowest BCUT2D eigenvalue weighted by atomic mass is 10.1. The number of hydrogen-bond donors (Lipinski definition) is 0. The Bertz CT molecular complexity index is 206. The summed E-state index contributed by atoms with van der Waals surface area (Å²) in [6.07, 6.45) is 0.939. The van der Waals surface area contributed by atoms with E-state index in [4.69, 9.17) is 4.74 Å². The van der Waals surface area contributed by atoms with Crippen LogP contribution in [0.2, 0.25) is 0 Å². The molecule has 0 aromatic rings. The van der Waals surface area contributed by atoms with E-state index >= 15 is 0 Å². The first kappa shape index (κ1) is 8.11. The Kier molecular flexibility index (Phi) is 2.52. The van der Waals surface area contributed by atoms with E-state index in [2.05, 4.69) is 17.5 Å². The molecule has 3 nitrogen and oxygen atoms in total. The Morgan fingerprint density at radius 3 is 2.64 bits per heavy atom. The predicted octanol–water partition coefficient (Wildman–Crippen LogP) is 1.64. The maximum atomic E-state index is 5.28. The van der Waals surface area contributed by atoms with Crippen LogP contribution in [0.3, 0.4) is 0 Å². The smallest absolute Gasteiger partial charge is 0.238 e. The fourth-order valence-electron chi connectivity index (χ4n) is 1.06. The molecule has 1 radical (unpaired) electrons. The van der Waals surface area contributed by atoms with Crippen molar-refractivity contribution in [2.75, 3.05) is 6.61 Å². The maximum Gasteiger partial charge on any atom is 0.238 e. The fraction of sp³-hybridized carbons (Fsp3) is 0.625. The second-order valence-electron chi connectivity index (χ2n) is 2.36. The molecule has 0 aliphatic carbocycles. The largest absolute Gasteiger partial charge is 0.477 e. The lowest BCUT2D eigenvalue weighted by Crippen LogP contribution is -2.01. The summed E-state index contributed by atoms with van der Waals surface area (Å²) < 4.78 is 5.28. The van der Waals surface area contributed by atoms with Gasteiger partial charge in [0.15, 0.2) is 0 Å². The quantitative estimate of drug-likeness (QED) is 0.607. The molecule has 0 aromatic heterocycles. The van der Waals surface area contributed by atoms with Crippen LogP contribution in [0, 0.1) is 0 Å². The van der Waals surface area contributed by atoms with Gasteiger partial charge in [0.05, 0.1) is 12.3 Å². The van der Waals surface area contributed by atoms with Crippen LogP contribution < -0.4 is 5.43 Å². The highest BCUT2D eigenvalue weighted by molar-refractivity contribution is 5.99. The molecule has 0 unspecified atom stereocenters. The van der Waals surface area contributed by atoms with Crippen LogP contribution in [-0.4, -0.2) is 12.3 Å². The summed E-state index contributed by atoms with van der Waals surface area (Å²) in [5, 5.41) is 3.93. The SMILES string of the molecule is CCOC1=C(CC)C(C)=N[N]1. The Labute approximate surface area is 67.1 Å². The van der Waals surface area contributed by atoms with Gasteiger partial charge in [-0.25, -0.2) is 0 Å². The van der Waals surface area contributed by atoms with Gasteiger partial charge in [0.25, 0.3) is 0 Å².